The third-order valence-electron chi connectivity index (χ3n) is 10.2. The predicted molar refractivity (Wildman–Crippen MR) is 106 cm³/mol. The maximum Gasteiger partial charge on any atom is 0.0577 e. The number of aliphatic hydroxyl groups excluding tert-OH is 2. The van der Waals surface area contributed by atoms with Gasteiger partial charge in [0, 0.05) is 5.97 Å². The fourth-order valence-electron chi connectivity index (χ4n) is 8.72. The Morgan fingerprint density at radius 2 is 1.71 bits per heavy atom. The number of aliphatic carboxylic acids is 1. The number of rotatable bonds is 4. The Hall–Kier alpha value is -0.610. The van der Waals surface area contributed by atoms with Crippen LogP contribution in [-0.2, 0) is 4.79 Å². The van der Waals surface area contributed by atoms with Gasteiger partial charge in [-0.25, -0.2) is 0 Å². The van der Waals surface area contributed by atoms with Crippen LogP contribution in [0.1, 0.15) is 85.0 Å². The number of aliphatic hydroxyl groups is 2. The van der Waals surface area contributed by atoms with Gasteiger partial charge in [-0.15, -0.1) is 0 Å². The summed E-state index contributed by atoms with van der Waals surface area (Å²) in [4.78, 5) is 10.9. The van der Waals surface area contributed by atoms with Crippen molar-refractivity contribution < 1.29 is 20.1 Å². The van der Waals surface area contributed by atoms with Gasteiger partial charge in [0.05, 0.1) is 12.2 Å². The van der Waals surface area contributed by atoms with Gasteiger partial charge >= 0.3 is 0 Å². The molecule has 2 N–H and O–H groups in total. The van der Waals surface area contributed by atoms with Gasteiger partial charge in [-0.3, -0.25) is 0 Å². The second-order valence-corrected chi connectivity index (χ2v) is 11.3. The molecule has 160 valence electrons. The molecule has 0 unspecified atom stereocenters. The van der Waals surface area contributed by atoms with Gasteiger partial charge in [0.2, 0.25) is 0 Å². The fourth-order valence-corrected chi connectivity index (χ4v) is 8.72. The topological polar surface area (TPSA) is 80.6 Å². The number of carbonyl (C=O) groups excluding carboxylic acids is 1. The van der Waals surface area contributed by atoms with Crippen LogP contribution in [0.2, 0.25) is 0 Å². The lowest BCUT2D eigenvalue weighted by molar-refractivity contribution is -0.306. The Morgan fingerprint density at radius 3 is 2.43 bits per heavy atom. The zero-order valence-corrected chi connectivity index (χ0v) is 17.9. The first-order chi connectivity index (χ1) is 13.2. The zero-order chi connectivity index (χ0) is 20.3. The summed E-state index contributed by atoms with van der Waals surface area (Å²) in [6, 6.07) is 0. The molecule has 0 aromatic rings. The fraction of sp³-hybridized carbons (Fsp3) is 0.958. The Kier molecular flexibility index (Phi) is 5.36. The minimum Gasteiger partial charge on any atom is -0.550 e. The Bertz CT molecular complexity index is 605. The molecule has 4 heteroatoms. The molecule has 0 heterocycles. The van der Waals surface area contributed by atoms with Crippen molar-refractivity contribution in [1.29, 1.82) is 0 Å². The van der Waals surface area contributed by atoms with Gasteiger partial charge in [-0.2, -0.15) is 0 Å². The van der Waals surface area contributed by atoms with E-state index in [2.05, 4.69) is 20.8 Å². The van der Waals surface area contributed by atoms with Crippen molar-refractivity contribution in [3.8, 4) is 0 Å². The number of hydrogen-bond donors (Lipinski definition) is 2. The molecule has 0 radical (unpaired) electrons. The summed E-state index contributed by atoms with van der Waals surface area (Å²) < 4.78 is 0. The Morgan fingerprint density at radius 1 is 1.04 bits per heavy atom. The van der Waals surface area contributed by atoms with Crippen LogP contribution in [0.3, 0.4) is 0 Å². The molecule has 0 saturated heterocycles. The first kappa shape index (κ1) is 20.7. The van der Waals surface area contributed by atoms with Crippen LogP contribution < -0.4 is 5.11 Å². The number of hydrogen-bond acceptors (Lipinski definition) is 4. The lowest BCUT2D eigenvalue weighted by Crippen LogP contribution is -2.58. The van der Waals surface area contributed by atoms with E-state index in [9.17, 15) is 20.1 Å². The maximum atomic E-state index is 11.2. The molecule has 4 rings (SSSR count). The summed E-state index contributed by atoms with van der Waals surface area (Å²) in [5.74, 6) is 1.99. The van der Waals surface area contributed by atoms with Crippen LogP contribution in [0, 0.1) is 46.3 Å². The molecule has 4 nitrogen and oxygen atoms in total. The van der Waals surface area contributed by atoms with Crippen LogP contribution in [0.4, 0.5) is 0 Å². The molecular weight excluding hydrogens is 352 g/mol. The van der Waals surface area contributed by atoms with Gasteiger partial charge in [-0.1, -0.05) is 20.8 Å². The molecule has 10 atom stereocenters. The van der Waals surface area contributed by atoms with E-state index in [1.165, 1.54) is 25.7 Å². The van der Waals surface area contributed by atoms with Crippen LogP contribution in [-0.4, -0.2) is 28.4 Å². The van der Waals surface area contributed by atoms with Gasteiger partial charge in [0.25, 0.3) is 0 Å². The average molecular weight is 392 g/mol. The summed E-state index contributed by atoms with van der Waals surface area (Å²) in [7, 11) is 0. The lowest BCUT2D eigenvalue weighted by Gasteiger charge is -2.62. The minimum atomic E-state index is -0.934. The highest BCUT2D eigenvalue weighted by atomic mass is 16.4. The van der Waals surface area contributed by atoms with E-state index >= 15 is 0 Å². The molecule has 0 amide bonds. The van der Waals surface area contributed by atoms with Crippen LogP contribution in [0.5, 0.6) is 0 Å². The van der Waals surface area contributed by atoms with Crippen molar-refractivity contribution in [2.75, 3.05) is 0 Å². The van der Waals surface area contributed by atoms with E-state index in [4.69, 9.17) is 0 Å². The van der Waals surface area contributed by atoms with Crippen molar-refractivity contribution in [2.24, 2.45) is 46.3 Å². The summed E-state index contributed by atoms with van der Waals surface area (Å²) in [6.45, 7) is 7.11. The lowest BCUT2D eigenvalue weighted by atomic mass is 9.43. The van der Waals surface area contributed by atoms with Gasteiger partial charge in [0.15, 0.2) is 0 Å². The molecular formula is C24H39O4-. The van der Waals surface area contributed by atoms with Crippen molar-refractivity contribution in [3.05, 3.63) is 0 Å². The molecule has 28 heavy (non-hydrogen) atoms. The number of fused-ring (bicyclic) bond motifs is 5. The largest absolute Gasteiger partial charge is 0.550 e. The first-order valence-corrected chi connectivity index (χ1v) is 11.7. The summed E-state index contributed by atoms with van der Waals surface area (Å²) in [5, 5.41) is 32.4. The van der Waals surface area contributed by atoms with E-state index in [-0.39, 0.29) is 29.5 Å². The predicted octanol–water partition coefficient (Wildman–Crippen LogP) is 3.14. The van der Waals surface area contributed by atoms with Crippen molar-refractivity contribution in [3.63, 3.8) is 0 Å². The second-order valence-electron chi connectivity index (χ2n) is 11.3. The van der Waals surface area contributed by atoms with E-state index < -0.39 is 5.97 Å². The smallest absolute Gasteiger partial charge is 0.0577 e. The van der Waals surface area contributed by atoms with Gasteiger partial charge < -0.3 is 20.1 Å². The molecule has 0 aliphatic heterocycles. The Labute approximate surface area is 170 Å². The van der Waals surface area contributed by atoms with Crippen LogP contribution >= 0.6 is 0 Å². The first-order valence-electron chi connectivity index (χ1n) is 11.7. The zero-order valence-electron chi connectivity index (χ0n) is 17.9. The normalized spacial score (nSPS) is 51.7. The monoisotopic (exact) mass is 391 g/mol. The molecule has 0 bridgehead atoms. The van der Waals surface area contributed by atoms with Gasteiger partial charge in [-0.05, 0) is 111 Å². The average Bonchev–Trinajstić information content (AvgIpc) is 2.98. The van der Waals surface area contributed by atoms with Crippen molar-refractivity contribution in [1.82, 2.24) is 0 Å². The third kappa shape index (κ3) is 3.14. The number of carboxylic acid groups (broad SMARTS) is 1. The molecule has 4 saturated carbocycles. The van der Waals surface area contributed by atoms with Gasteiger partial charge in [0.1, 0.15) is 0 Å². The maximum absolute atomic E-state index is 11.2. The van der Waals surface area contributed by atoms with E-state index in [0.717, 1.165) is 25.7 Å². The molecule has 0 aromatic heterocycles. The second kappa shape index (κ2) is 7.27. The molecule has 4 fully saturated rings. The molecule has 4 aliphatic carbocycles. The van der Waals surface area contributed by atoms with E-state index in [1.807, 2.05) is 0 Å². The van der Waals surface area contributed by atoms with Crippen molar-refractivity contribution in [2.45, 2.75) is 97.2 Å². The Balaban J connectivity index is 1.55. The highest BCUT2D eigenvalue weighted by Gasteiger charge is 2.62. The number of carbonyl (C=O) groups is 1. The van der Waals surface area contributed by atoms with Crippen LogP contribution in [0.15, 0.2) is 0 Å². The highest BCUT2D eigenvalue weighted by Crippen LogP contribution is 2.68. The molecule has 0 aromatic carbocycles. The molecule has 0 spiro atoms. The standard InChI is InChI=1S/C24H40O4/c1-14(4-7-21(27)28)17-5-6-18-22-19(9-11-24(17,18)3)23(2)10-8-16(25)12-15(23)13-20(22)26/h14-20,22,25-26H,4-13H2,1-3H3,(H,27,28)/p-1/t14-,15-,16+,17+,18+,19-,20+,22+,23-,24+/m0/s1. The minimum absolute atomic E-state index is 0.162. The molecule has 4 aliphatic rings. The van der Waals surface area contributed by atoms with E-state index in [0.29, 0.717) is 41.9 Å². The SMILES string of the molecule is C[C@@H](CCC(=O)[O-])[C@H]1CC[C@@H]2[C@H]3[C@H](O)C[C@@H]4C[C@H](O)CC[C@]4(C)[C@H]3CC[C@@]21C. The van der Waals surface area contributed by atoms with E-state index in [1.54, 1.807) is 0 Å². The quantitative estimate of drug-likeness (QED) is 0.771. The number of carboxylic acids is 1. The van der Waals surface area contributed by atoms with Crippen LogP contribution in [0.25, 0.3) is 0 Å². The third-order valence-corrected chi connectivity index (χ3v) is 10.2. The summed E-state index contributed by atoms with van der Waals surface area (Å²) in [6.07, 6.45) is 8.91. The summed E-state index contributed by atoms with van der Waals surface area (Å²) in [5.41, 5.74) is 0.494. The van der Waals surface area contributed by atoms with Crippen molar-refractivity contribution >= 4 is 5.97 Å². The highest BCUT2D eigenvalue weighted by molar-refractivity contribution is 5.64. The summed E-state index contributed by atoms with van der Waals surface area (Å²) >= 11 is 0.